The van der Waals surface area contributed by atoms with E-state index >= 15 is 0 Å². The van der Waals surface area contributed by atoms with Gasteiger partial charge in [-0.2, -0.15) is 0 Å². The number of furan rings is 1. The molecule has 7 heteroatoms. The van der Waals surface area contributed by atoms with Crippen LogP contribution in [-0.2, 0) is 13.2 Å². The topological polar surface area (TPSA) is 71.1 Å². The Morgan fingerprint density at radius 2 is 2.04 bits per heavy atom. The summed E-state index contributed by atoms with van der Waals surface area (Å²) in [5.74, 6) is 0.894. The van der Waals surface area contributed by atoms with Crippen LogP contribution in [0.3, 0.4) is 0 Å². The van der Waals surface area contributed by atoms with Gasteiger partial charge in [0.25, 0.3) is 0 Å². The number of amidine groups is 1. The minimum Gasteiger partial charge on any atom is -0.472 e. The van der Waals surface area contributed by atoms with Gasteiger partial charge in [0.15, 0.2) is 5.84 Å². The van der Waals surface area contributed by atoms with E-state index in [0.29, 0.717) is 23.4 Å². The van der Waals surface area contributed by atoms with Gasteiger partial charge in [-0.25, -0.2) is 9.37 Å². The third kappa shape index (κ3) is 4.44. The Kier molecular flexibility index (Phi) is 5.71. The Morgan fingerprint density at radius 3 is 2.74 bits per heavy atom. The van der Waals surface area contributed by atoms with Crippen LogP contribution < -0.4 is 4.74 Å². The molecule has 0 aliphatic heterocycles. The van der Waals surface area contributed by atoms with Gasteiger partial charge in [-0.3, -0.25) is 0 Å². The van der Waals surface area contributed by atoms with Gasteiger partial charge in [0.1, 0.15) is 18.2 Å². The van der Waals surface area contributed by atoms with Crippen LogP contribution in [0.2, 0.25) is 0 Å². The summed E-state index contributed by atoms with van der Waals surface area (Å²) in [5, 5.41) is 13.0. The van der Waals surface area contributed by atoms with E-state index in [1.54, 1.807) is 54.6 Å². The molecule has 6 nitrogen and oxygen atoms in total. The molecule has 0 aliphatic rings. The van der Waals surface area contributed by atoms with Crippen LogP contribution in [-0.4, -0.2) is 28.0 Å². The molecule has 0 saturated carbocycles. The number of rotatable bonds is 6. The van der Waals surface area contributed by atoms with E-state index in [9.17, 15) is 9.60 Å². The number of aromatic nitrogens is 1. The molecule has 0 amide bonds. The fourth-order valence-corrected chi connectivity index (χ4v) is 2.62. The number of hydrogen-bond donors (Lipinski definition) is 1. The molecule has 140 valence electrons. The van der Waals surface area contributed by atoms with E-state index in [1.165, 1.54) is 6.07 Å². The van der Waals surface area contributed by atoms with E-state index in [4.69, 9.17) is 9.15 Å². The Labute approximate surface area is 156 Å². The molecule has 27 heavy (non-hydrogen) atoms. The van der Waals surface area contributed by atoms with Crippen molar-refractivity contribution in [1.82, 2.24) is 9.88 Å². The van der Waals surface area contributed by atoms with Crippen molar-refractivity contribution in [2.75, 3.05) is 7.05 Å². The number of hydrogen-bond acceptors (Lipinski definition) is 5. The van der Waals surface area contributed by atoms with E-state index < -0.39 is 0 Å². The van der Waals surface area contributed by atoms with Crippen LogP contribution in [0.5, 0.6) is 5.88 Å². The van der Waals surface area contributed by atoms with E-state index in [1.807, 2.05) is 13.0 Å². The monoisotopic (exact) mass is 369 g/mol. The molecule has 0 saturated heterocycles. The van der Waals surface area contributed by atoms with Gasteiger partial charge in [0.2, 0.25) is 5.88 Å². The van der Waals surface area contributed by atoms with Crippen LogP contribution in [0.4, 0.5) is 4.39 Å². The standard InChI is InChI=1S/C20H20FN3O3/c1-14-9-10-17(19(23-25)24(2)12-16-7-5-11-26-16)20(22-14)27-13-15-6-3-4-8-18(15)21/h3-11,25H,12-13H2,1-2H3/b23-19-. The quantitative estimate of drug-likeness (QED) is 0.308. The Balaban J connectivity index is 1.84. The highest BCUT2D eigenvalue weighted by atomic mass is 19.1. The van der Waals surface area contributed by atoms with Crippen molar-refractivity contribution in [1.29, 1.82) is 0 Å². The first kappa shape index (κ1) is 18.4. The van der Waals surface area contributed by atoms with Crippen molar-refractivity contribution in [2.45, 2.75) is 20.1 Å². The highest BCUT2D eigenvalue weighted by Gasteiger charge is 2.19. The van der Waals surface area contributed by atoms with Crippen LogP contribution in [0.15, 0.2) is 64.4 Å². The zero-order valence-corrected chi connectivity index (χ0v) is 15.1. The second-order valence-corrected chi connectivity index (χ2v) is 6.04. The van der Waals surface area contributed by atoms with Gasteiger partial charge in [-0.05, 0) is 37.3 Å². The molecule has 2 aromatic heterocycles. The minimum absolute atomic E-state index is 0.0106. The van der Waals surface area contributed by atoms with Crippen molar-refractivity contribution in [3.8, 4) is 5.88 Å². The summed E-state index contributed by atoms with van der Waals surface area (Å²) in [5.41, 5.74) is 1.64. The normalized spacial score (nSPS) is 11.4. The Hall–Kier alpha value is -3.35. The van der Waals surface area contributed by atoms with Crippen LogP contribution in [0, 0.1) is 12.7 Å². The van der Waals surface area contributed by atoms with Crippen molar-refractivity contribution in [2.24, 2.45) is 5.16 Å². The van der Waals surface area contributed by atoms with Gasteiger partial charge in [-0.15, -0.1) is 0 Å². The van der Waals surface area contributed by atoms with Crippen molar-refractivity contribution in [3.63, 3.8) is 0 Å². The van der Waals surface area contributed by atoms with Gasteiger partial charge in [-0.1, -0.05) is 23.4 Å². The molecule has 0 fully saturated rings. The molecular formula is C20H20FN3O3. The van der Waals surface area contributed by atoms with E-state index in [0.717, 1.165) is 5.69 Å². The lowest BCUT2D eigenvalue weighted by Crippen LogP contribution is -2.28. The number of ether oxygens (including phenoxy) is 1. The van der Waals surface area contributed by atoms with Gasteiger partial charge >= 0.3 is 0 Å². The zero-order chi connectivity index (χ0) is 19.2. The van der Waals surface area contributed by atoms with Crippen LogP contribution in [0.1, 0.15) is 22.6 Å². The van der Waals surface area contributed by atoms with Crippen molar-refractivity contribution >= 4 is 5.84 Å². The second-order valence-electron chi connectivity index (χ2n) is 6.04. The van der Waals surface area contributed by atoms with E-state index in [-0.39, 0.29) is 24.1 Å². The highest BCUT2D eigenvalue weighted by molar-refractivity contribution is 6.00. The Bertz CT molecular complexity index is 926. The number of pyridine rings is 1. The van der Waals surface area contributed by atoms with Gasteiger partial charge in [0, 0.05) is 18.3 Å². The maximum Gasteiger partial charge on any atom is 0.225 e. The SMILES string of the molecule is Cc1ccc(/C(=N/O)N(C)Cc2ccco2)c(OCc2ccccc2F)n1. The number of benzene rings is 1. The fraction of sp³-hybridized carbons (Fsp3) is 0.200. The third-order valence-electron chi connectivity index (χ3n) is 3.99. The first-order valence-corrected chi connectivity index (χ1v) is 8.38. The highest BCUT2D eigenvalue weighted by Crippen LogP contribution is 2.21. The van der Waals surface area contributed by atoms with Crippen LogP contribution in [0.25, 0.3) is 0 Å². The zero-order valence-electron chi connectivity index (χ0n) is 15.1. The molecule has 3 aromatic rings. The minimum atomic E-state index is -0.349. The lowest BCUT2D eigenvalue weighted by molar-refractivity contribution is 0.282. The summed E-state index contributed by atoms with van der Waals surface area (Å²) in [6, 6.07) is 13.5. The summed E-state index contributed by atoms with van der Waals surface area (Å²) >= 11 is 0. The third-order valence-corrected chi connectivity index (χ3v) is 3.99. The number of oxime groups is 1. The molecular weight excluding hydrogens is 349 g/mol. The molecule has 2 heterocycles. The van der Waals surface area contributed by atoms with E-state index in [2.05, 4.69) is 10.1 Å². The molecule has 1 aromatic carbocycles. The fourth-order valence-electron chi connectivity index (χ4n) is 2.62. The summed E-state index contributed by atoms with van der Waals surface area (Å²) in [7, 11) is 1.76. The molecule has 0 bridgehead atoms. The molecule has 3 rings (SSSR count). The number of halogens is 1. The Morgan fingerprint density at radius 1 is 1.22 bits per heavy atom. The number of nitrogens with zero attached hydrogens (tertiary/aromatic N) is 3. The van der Waals surface area contributed by atoms with Crippen molar-refractivity contribution in [3.05, 3.63) is 83.2 Å². The number of aryl methyl sites for hydroxylation is 1. The average Bonchev–Trinajstić information content (AvgIpc) is 3.16. The largest absolute Gasteiger partial charge is 0.472 e. The summed E-state index contributed by atoms with van der Waals surface area (Å²) in [6.45, 7) is 2.23. The molecule has 0 radical (unpaired) electrons. The molecule has 0 aliphatic carbocycles. The molecule has 0 spiro atoms. The smallest absolute Gasteiger partial charge is 0.225 e. The van der Waals surface area contributed by atoms with Gasteiger partial charge < -0.3 is 19.3 Å². The maximum absolute atomic E-state index is 13.9. The lowest BCUT2D eigenvalue weighted by atomic mass is 10.2. The summed E-state index contributed by atoms with van der Waals surface area (Å²) in [6.07, 6.45) is 1.58. The van der Waals surface area contributed by atoms with Gasteiger partial charge in [0.05, 0.1) is 18.4 Å². The average molecular weight is 369 g/mol. The molecule has 0 unspecified atom stereocenters. The van der Waals surface area contributed by atoms with Crippen molar-refractivity contribution < 1.29 is 18.8 Å². The first-order chi connectivity index (χ1) is 13.1. The molecule has 0 atom stereocenters. The maximum atomic E-state index is 13.9. The first-order valence-electron chi connectivity index (χ1n) is 8.38. The molecule has 1 N–H and O–H groups in total. The lowest BCUT2D eigenvalue weighted by Gasteiger charge is -2.20. The summed E-state index contributed by atoms with van der Waals surface area (Å²) < 4.78 is 24.9. The van der Waals surface area contributed by atoms with Crippen LogP contribution >= 0.6 is 0 Å². The predicted molar refractivity (Wildman–Crippen MR) is 98.2 cm³/mol. The summed E-state index contributed by atoms with van der Waals surface area (Å²) in [4.78, 5) is 6.09. The predicted octanol–water partition coefficient (Wildman–Crippen LogP) is 3.97. The second kappa shape index (κ2) is 8.35.